The summed E-state index contributed by atoms with van der Waals surface area (Å²) in [5.41, 5.74) is -1.36. The first kappa shape index (κ1) is 13.4. The third-order valence-corrected chi connectivity index (χ3v) is 5.88. The number of carboxylic acids is 1. The fourth-order valence-electron chi connectivity index (χ4n) is 2.17. The molecule has 8 heteroatoms. The zero-order chi connectivity index (χ0) is 13.2. The van der Waals surface area contributed by atoms with Crippen LogP contribution in [0.4, 0.5) is 0 Å². The van der Waals surface area contributed by atoms with Gasteiger partial charge in [-0.15, -0.1) is 0 Å². The number of sulfonamides is 1. The molecule has 1 aromatic rings. The molecule has 0 radical (unpaired) electrons. The Labute approximate surface area is 109 Å². The van der Waals surface area contributed by atoms with Gasteiger partial charge >= 0.3 is 5.97 Å². The Morgan fingerprint density at radius 3 is 2.56 bits per heavy atom. The summed E-state index contributed by atoms with van der Waals surface area (Å²) in [5, 5.41) is 9.31. The summed E-state index contributed by atoms with van der Waals surface area (Å²) in [7, 11) is -3.79. The van der Waals surface area contributed by atoms with Gasteiger partial charge in [-0.2, -0.15) is 9.10 Å². The summed E-state index contributed by atoms with van der Waals surface area (Å²) >= 11 is 0.835. The highest BCUT2D eigenvalue weighted by atomic mass is 32.2. The van der Waals surface area contributed by atoms with Crippen LogP contribution in [0.2, 0.25) is 0 Å². The van der Waals surface area contributed by atoms with Crippen molar-refractivity contribution >= 4 is 27.5 Å². The number of nitrogens with zero attached hydrogens (tertiary/aromatic N) is 1. The second-order valence-electron chi connectivity index (χ2n) is 4.38. The Balaban J connectivity index is 2.27. The molecule has 0 aromatic carbocycles. The first-order valence-corrected chi connectivity index (χ1v) is 7.90. The molecule has 100 valence electrons. The van der Waals surface area contributed by atoms with Gasteiger partial charge in [-0.3, -0.25) is 4.79 Å². The Kier molecular flexibility index (Phi) is 3.69. The van der Waals surface area contributed by atoms with Crippen molar-refractivity contribution in [3.8, 4) is 0 Å². The van der Waals surface area contributed by atoms with E-state index in [1.165, 1.54) is 12.3 Å². The molecule has 18 heavy (non-hydrogen) atoms. The predicted octanol–water partition coefficient (Wildman–Crippen LogP) is 1.21. The zero-order valence-corrected chi connectivity index (χ0v) is 11.3. The number of carboxylic acid groups (broad SMARTS) is 1. The molecule has 1 fully saturated rings. The zero-order valence-electron chi connectivity index (χ0n) is 9.63. The summed E-state index contributed by atoms with van der Waals surface area (Å²) in [6.07, 6.45) is 4.43. The van der Waals surface area contributed by atoms with Crippen LogP contribution in [0.15, 0.2) is 16.5 Å². The molecule has 0 saturated heterocycles. The molecule has 0 unspecified atom stereocenters. The smallest absolute Gasteiger partial charge is 0.324 e. The lowest BCUT2D eigenvalue weighted by Gasteiger charge is -2.33. The third-order valence-electron chi connectivity index (χ3n) is 3.13. The van der Waals surface area contributed by atoms with Gasteiger partial charge in [0.15, 0.2) is 4.21 Å². The van der Waals surface area contributed by atoms with Crippen molar-refractivity contribution in [1.29, 1.82) is 0 Å². The minimum absolute atomic E-state index is 0.0497. The molecular formula is C10H14N2O4S2. The lowest BCUT2D eigenvalue weighted by atomic mass is 9.83. The lowest BCUT2D eigenvalue weighted by molar-refractivity contribution is -0.145. The number of hydrogen-bond donors (Lipinski definition) is 2. The van der Waals surface area contributed by atoms with Crippen LogP contribution in [0.3, 0.4) is 0 Å². The van der Waals surface area contributed by atoms with Gasteiger partial charge < -0.3 is 5.11 Å². The van der Waals surface area contributed by atoms with Crippen LogP contribution in [-0.2, 0) is 14.8 Å². The molecule has 0 amide bonds. The molecule has 0 aliphatic heterocycles. The van der Waals surface area contributed by atoms with Gasteiger partial charge in [0.2, 0.25) is 0 Å². The molecule has 1 saturated carbocycles. The van der Waals surface area contributed by atoms with Crippen LogP contribution >= 0.6 is 11.5 Å². The largest absolute Gasteiger partial charge is 0.480 e. The third kappa shape index (κ3) is 2.55. The minimum Gasteiger partial charge on any atom is -0.480 e. The topological polar surface area (TPSA) is 96.4 Å². The van der Waals surface area contributed by atoms with Gasteiger partial charge in [0, 0.05) is 6.20 Å². The number of rotatable bonds is 4. The van der Waals surface area contributed by atoms with E-state index in [1.54, 1.807) is 0 Å². The van der Waals surface area contributed by atoms with E-state index in [0.29, 0.717) is 12.8 Å². The Hall–Kier alpha value is -0.990. The van der Waals surface area contributed by atoms with Crippen LogP contribution in [0, 0.1) is 0 Å². The van der Waals surface area contributed by atoms with Crippen molar-refractivity contribution in [2.75, 3.05) is 0 Å². The average molecular weight is 290 g/mol. The monoisotopic (exact) mass is 290 g/mol. The molecular weight excluding hydrogens is 276 g/mol. The first-order valence-electron chi connectivity index (χ1n) is 5.64. The quantitative estimate of drug-likeness (QED) is 0.868. The Morgan fingerprint density at radius 1 is 1.39 bits per heavy atom. The van der Waals surface area contributed by atoms with E-state index in [-0.39, 0.29) is 4.21 Å². The molecule has 1 aliphatic carbocycles. The van der Waals surface area contributed by atoms with Gasteiger partial charge in [0.1, 0.15) is 5.54 Å². The number of carbonyl (C=O) groups is 1. The molecule has 0 bridgehead atoms. The van der Waals surface area contributed by atoms with Crippen LogP contribution < -0.4 is 4.72 Å². The highest BCUT2D eigenvalue weighted by Gasteiger charge is 2.43. The fourth-order valence-corrected chi connectivity index (χ4v) is 4.31. The van der Waals surface area contributed by atoms with Crippen molar-refractivity contribution < 1.29 is 18.3 Å². The van der Waals surface area contributed by atoms with Gasteiger partial charge in [-0.05, 0) is 30.4 Å². The van der Waals surface area contributed by atoms with Gasteiger partial charge in [-0.1, -0.05) is 19.3 Å². The number of nitrogens with one attached hydrogen (secondary N) is 1. The maximum absolute atomic E-state index is 12.1. The summed E-state index contributed by atoms with van der Waals surface area (Å²) in [4.78, 5) is 11.4. The summed E-state index contributed by atoms with van der Waals surface area (Å²) in [6, 6.07) is 1.37. The second kappa shape index (κ2) is 4.94. The van der Waals surface area contributed by atoms with Crippen LogP contribution in [0.25, 0.3) is 0 Å². The molecule has 2 rings (SSSR count). The van der Waals surface area contributed by atoms with Crippen molar-refractivity contribution in [1.82, 2.24) is 9.10 Å². The number of aliphatic carboxylic acids is 1. The number of aromatic nitrogens is 1. The van der Waals surface area contributed by atoms with Gasteiger partial charge in [0.25, 0.3) is 10.0 Å². The first-order chi connectivity index (χ1) is 8.46. The van der Waals surface area contributed by atoms with E-state index in [0.717, 1.165) is 30.8 Å². The molecule has 0 spiro atoms. The Morgan fingerprint density at radius 2 is 2.06 bits per heavy atom. The lowest BCUT2D eigenvalue weighted by Crippen LogP contribution is -2.55. The van der Waals surface area contributed by atoms with E-state index in [2.05, 4.69) is 9.10 Å². The molecule has 2 N–H and O–H groups in total. The van der Waals surface area contributed by atoms with E-state index in [9.17, 15) is 18.3 Å². The van der Waals surface area contributed by atoms with Crippen LogP contribution in [-0.4, -0.2) is 29.4 Å². The van der Waals surface area contributed by atoms with Crippen molar-refractivity contribution in [2.45, 2.75) is 41.9 Å². The van der Waals surface area contributed by atoms with E-state index < -0.39 is 21.5 Å². The number of hydrogen-bond acceptors (Lipinski definition) is 5. The SMILES string of the molecule is O=C(O)C1(NS(=O)(=O)c2ccns2)CCCCC1. The standard InChI is InChI=1S/C10H14N2O4S2/c13-9(14)10(5-2-1-3-6-10)12-18(15,16)8-4-7-11-17-8/h4,7,12H,1-3,5-6H2,(H,13,14). The van der Waals surface area contributed by atoms with E-state index in [1.807, 2.05) is 0 Å². The average Bonchev–Trinajstić information content (AvgIpc) is 2.83. The van der Waals surface area contributed by atoms with Crippen LogP contribution in [0.5, 0.6) is 0 Å². The Bertz CT molecular complexity index is 518. The molecule has 1 aromatic heterocycles. The normalized spacial score (nSPS) is 19.6. The van der Waals surface area contributed by atoms with E-state index >= 15 is 0 Å². The molecule has 6 nitrogen and oxygen atoms in total. The fraction of sp³-hybridized carbons (Fsp3) is 0.600. The summed E-state index contributed by atoms with van der Waals surface area (Å²) in [6.45, 7) is 0. The molecule has 0 atom stereocenters. The minimum atomic E-state index is -3.79. The summed E-state index contributed by atoms with van der Waals surface area (Å²) in [5.74, 6) is -1.10. The predicted molar refractivity (Wildman–Crippen MR) is 65.9 cm³/mol. The second-order valence-corrected chi connectivity index (χ2v) is 7.13. The summed E-state index contributed by atoms with van der Waals surface area (Å²) < 4.78 is 30.3. The maximum Gasteiger partial charge on any atom is 0.324 e. The van der Waals surface area contributed by atoms with Crippen LogP contribution in [0.1, 0.15) is 32.1 Å². The highest BCUT2D eigenvalue weighted by molar-refractivity contribution is 7.91. The van der Waals surface area contributed by atoms with E-state index in [4.69, 9.17) is 0 Å². The van der Waals surface area contributed by atoms with Crippen molar-refractivity contribution in [3.63, 3.8) is 0 Å². The molecule has 1 aliphatic rings. The van der Waals surface area contributed by atoms with Gasteiger partial charge in [-0.25, -0.2) is 8.42 Å². The van der Waals surface area contributed by atoms with Crippen molar-refractivity contribution in [2.24, 2.45) is 0 Å². The molecule has 1 heterocycles. The van der Waals surface area contributed by atoms with Gasteiger partial charge in [0.05, 0.1) is 0 Å². The highest BCUT2D eigenvalue weighted by Crippen LogP contribution is 2.30. The maximum atomic E-state index is 12.1. The van der Waals surface area contributed by atoms with Crippen molar-refractivity contribution in [3.05, 3.63) is 12.3 Å².